The first kappa shape index (κ1) is 22.3. The van der Waals surface area contributed by atoms with Crippen molar-refractivity contribution in [1.82, 2.24) is 24.6 Å². The highest BCUT2D eigenvalue weighted by Gasteiger charge is 2.30. The number of carbonyl (C=O) groups excluding carboxylic acids is 1. The summed E-state index contributed by atoms with van der Waals surface area (Å²) in [4.78, 5) is 23.2. The molecule has 2 unspecified atom stereocenters. The normalized spacial score (nSPS) is 25.5. The van der Waals surface area contributed by atoms with Crippen LogP contribution in [0.3, 0.4) is 0 Å². The summed E-state index contributed by atoms with van der Waals surface area (Å²) in [6.07, 6.45) is 8.39. The third kappa shape index (κ3) is 4.72. The van der Waals surface area contributed by atoms with E-state index in [2.05, 4.69) is 72.6 Å². The molecule has 9 heteroatoms. The Labute approximate surface area is 195 Å². The van der Waals surface area contributed by atoms with E-state index < -0.39 is 0 Å². The van der Waals surface area contributed by atoms with Gasteiger partial charge in [-0.3, -0.25) is 14.1 Å². The summed E-state index contributed by atoms with van der Waals surface area (Å²) >= 11 is 0. The van der Waals surface area contributed by atoms with Crippen LogP contribution in [0, 0.1) is 0 Å². The molecule has 0 radical (unpaired) electrons. The highest BCUT2D eigenvalue weighted by molar-refractivity contribution is 7.13. The van der Waals surface area contributed by atoms with Crippen LogP contribution in [0.4, 0.5) is 5.69 Å². The minimum absolute atomic E-state index is 0.0291. The van der Waals surface area contributed by atoms with Crippen LogP contribution >= 0.6 is 18.8 Å². The molecule has 3 aliphatic rings. The summed E-state index contributed by atoms with van der Waals surface area (Å²) in [5, 5.41) is 3.29. The molecule has 5 rings (SSSR count). The van der Waals surface area contributed by atoms with Crippen LogP contribution in [-0.4, -0.2) is 63.5 Å². The summed E-state index contributed by atoms with van der Waals surface area (Å²) in [5.41, 5.74) is 3.49. The molecule has 172 valence electrons. The molecule has 0 aliphatic carbocycles. The first-order valence-electron chi connectivity index (χ1n) is 11.8. The van der Waals surface area contributed by atoms with Gasteiger partial charge in [0.15, 0.2) is 0 Å². The number of nitrogens with zero attached hydrogens (tertiary/aromatic N) is 4. The fourth-order valence-electron chi connectivity index (χ4n) is 5.24. The van der Waals surface area contributed by atoms with Crippen LogP contribution in [-0.2, 0) is 4.79 Å². The van der Waals surface area contributed by atoms with E-state index in [1.807, 2.05) is 6.20 Å². The molecule has 7 nitrogen and oxygen atoms in total. The van der Waals surface area contributed by atoms with Crippen molar-refractivity contribution < 1.29 is 4.79 Å². The summed E-state index contributed by atoms with van der Waals surface area (Å²) in [7, 11) is 5.53. The van der Waals surface area contributed by atoms with Crippen molar-refractivity contribution in [3.05, 3.63) is 36.3 Å². The van der Waals surface area contributed by atoms with E-state index in [9.17, 15) is 4.79 Å². The third-order valence-electron chi connectivity index (χ3n) is 7.19. The molecule has 4 heterocycles. The Morgan fingerprint density at radius 3 is 2.34 bits per heavy atom. The van der Waals surface area contributed by atoms with Crippen molar-refractivity contribution in [2.45, 2.75) is 56.7 Å². The molecule has 2 N–H and O–H groups in total. The predicted octanol–water partition coefficient (Wildman–Crippen LogP) is 3.34. The van der Waals surface area contributed by atoms with Gasteiger partial charge in [-0.1, -0.05) is 30.9 Å². The molecule has 3 fully saturated rings. The number of anilines is 1. The molecule has 2 aromatic rings. The Morgan fingerprint density at radius 2 is 1.69 bits per heavy atom. The Hall–Kier alpha value is -1.52. The number of aromatic amines is 1. The minimum Gasteiger partial charge on any atom is -0.371 e. The topological polar surface area (TPSA) is 67.5 Å². The number of hydrogen-bond acceptors (Lipinski definition) is 5. The SMILES string of the molecule is O=C(NC1CCN(c2ccc(-c3cnc([C@@H]4CCCN4P)[nH]3)cc2)CC1)[C@@H]1CCCN1P. The maximum absolute atomic E-state index is 12.6. The van der Waals surface area contributed by atoms with Crippen LogP contribution in [0.15, 0.2) is 30.5 Å². The van der Waals surface area contributed by atoms with Gasteiger partial charge in [-0.25, -0.2) is 4.98 Å². The quantitative estimate of drug-likeness (QED) is 0.654. The van der Waals surface area contributed by atoms with E-state index in [0.717, 1.165) is 69.8 Å². The van der Waals surface area contributed by atoms with Crippen LogP contribution in [0.2, 0.25) is 0 Å². The van der Waals surface area contributed by atoms with E-state index in [1.165, 1.54) is 17.7 Å². The molecule has 0 spiro atoms. The summed E-state index contributed by atoms with van der Waals surface area (Å²) in [6, 6.07) is 9.47. The van der Waals surface area contributed by atoms with Gasteiger partial charge in [0.2, 0.25) is 5.91 Å². The molecule has 1 amide bonds. The van der Waals surface area contributed by atoms with Gasteiger partial charge in [-0.05, 0) is 56.2 Å². The number of carbonyl (C=O) groups is 1. The molecule has 0 bridgehead atoms. The number of rotatable bonds is 5. The first-order chi connectivity index (χ1) is 15.6. The predicted molar refractivity (Wildman–Crippen MR) is 135 cm³/mol. The van der Waals surface area contributed by atoms with Crippen molar-refractivity contribution >= 4 is 30.4 Å². The number of H-pyrrole nitrogens is 1. The number of amides is 1. The monoisotopic (exact) mass is 472 g/mol. The number of benzene rings is 1. The lowest BCUT2D eigenvalue weighted by atomic mass is 10.0. The summed E-state index contributed by atoms with van der Waals surface area (Å²) in [6.45, 7) is 4.05. The molecular weight excluding hydrogens is 438 g/mol. The molecule has 1 aromatic heterocycles. The van der Waals surface area contributed by atoms with Crippen LogP contribution < -0.4 is 10.2 Å². The molecule has 3 aliphatic heterocycles. The van der Waals surface area contributed by atoms with E-state index in [1.54, 1.807) is 0 Å². The van der Waals surface area contributed by atoms with Gasteiger partial charge in [-0.2, -0.15) is 0 Å². The molecule has 3 saturated heterocycles. The highest BCUT2D eigenvalue weighted by Crippen LogP contribution is 2.34. The first-order valence-corrected chi connectivity index (χ1v) is 12.8. The Morgan fingerprint density at radius 1 is 0.969 bits per heavy atom. The number of hydrogen-bond donors (Lipinski definition) is 2. The second-order valence-corrected chi connectivity index (χ2v) is 10.6. The molecule has 1 aromatic carbocycles. The second kappa shape index (κ2) is 9.77. The van der Waals surface area contributed by atoms with Crippen molar-refractivity contribution in [3.8, 4) is 11.3 Å². The zero-order valence-electron chi connectivity index (χ0n) is 18.5. The standard InChI is InChI=1S/C23H34N6OP2/c30-23(21-4-2-12-29(21)32)25-17-9-13-27(14-10-17)18-7-5-16(6-8-18)19-15-24-22(26-19)20-3-1-11-28(20)31/h5-8,15,17,20-21H,1-4,9-14,31-32H2,(H,24,26)(H,25,30)/t20-,21-/m0/s1. The zero-order chi connectivity index (χ0) is 22.1. The van der Waals surface area contributed by atoms with Gasteiger partial charge in [0, 0.05) is 37.9 Å². The van der Waals surface area contributed by atoms with E-state index in [4.69, 9.17) is 0 Å². The van der Waals surface area contributed by atoms with Crippen molar-refractivity contribution in [2.75, 3.05) is 31.1 Å². The third-order valence-corrected chi connectivity index (χ3v) is 8.42. The number of piperidine rings is 1. The largest absolute Gasteiger partial charge is 0.371 e. The second-order valence-electron chi connectivity index (χ2n) is 9.29. The van der Waals surface area contributed by atoms with Gasteiger partial charge in [0.25, 0.3) is 0 Å². The molecule has 0 saturated carbocycles. The fourth-order valence-corrected chi connectivity index (χ4v) is 6.18. The van der Waals surface area contributed by atoms with Gasteiger partial charge in [-0.15, -0.1) is 0 Å². The Kier molecular flexibility index (Phi) is 6.80. The number of imidazole rings is 1. The van der Waals surface area contributed by atoms with Crippen LogP contribution in [0.5, 0.6) is 0 Å². The lowest BCUT2D eigenvalue weighted by Gasteiger charge is -2.34. The van der Waals surface area contributed by atoms with Crippen molar-refractivity contribution in [3.63, 3.8) is 0 Å². The van der Waals surface area contributed by atoms with Crippen LogP contribution in [0.25, 0.3) is 11.3 Å². The Balaban J connectivity index is 1.15. The molecule has 4 atom stereocenters. The fraction of sp³-hybridized carbons (Fsp3) is 0.565. The van der Waals surface area contributed by atoms with E-state index in [0.29, 0.717) is 6.04 Å². The number of aromatic nitrogens is 2. The van der Waals surface area contributed by atoms with Crippen molar-refractivity contribution in [1.29, 1.82) is 0 Å². The van der Waals surface area contributed by atoms with Gasteiger partial charge < -0.3 is 15.2 Å². The average molecular weight is 473 g/mol. The number of nitrogens with one attached hydrogen (secondary N) is 2. The molecule has 32 heavy (non-hydrogen) atoms. The lowest BCUT2D eigenvalue weighted by Crippen LogP contribution is -2.49. The minimum atomic E-state index is 0.0291. The van der Waals surface area contributed by atoms with Crippen LogP contribution in [0.1, 0.15) is 50.4 Å². The maximum Gasteiger partial charge on any atom is 0.237 e. The zero-order valence-corrected chi connectivity index (χ0v) is 20.9. The summed E-state index contributed by atoms with van der Waals surface area (Å²) in [5.74, 6) is 1.25. The Bertz CT molecular complexity index is 927. The highest BCUT2D eigenvalue weighted by atomic mass is 31.0. The maximum atomic E-state index is 12.6. The van der Waals surface area contributed by atoms with Gasteiger partial charge in [0.1, 0.15) is 5.82 Å². The lowest BCUT2D eigenvalue weighted by molar-refractivity contribution is -0.124. The van der Waals surface area contributed by atoms with E-state index in [-0.39, 0.29) is 18.0 Å². The average Bonchev–Trinajstić information content (AvgIpc) is 3.55. The molecular formula is C23H34N6OP2. The smallest absolute Gasteiger partial charge is 0.237 e. The van der Waals surface area contributed by atoms with E-state index >= 15 is 0 Å². The van der Waals surface area contributed by atoms with Gasteiger partial charge >= 0.3 is 0 Å². The van der Waals surface area contributed by atoms with Crippen molar-refractivity contribution in [2.24, 2.45) is 0 Å². The van der Waals surface area contributed by atoms with Gasteiger partial charge in [0.05, 0.1) is 24.0 Å². The summed E-state index contributed by atoms with van der Waals surface area (Å²) < 4.78 is 4.39.